The summed E-state index contributed by atoms with van der Waals surface area (Å²) in [6, 6.07) is 25.0. The van der Waals surface area contributed by atoms with E-state index in [1.807, 2.05) is 78.7 Å². The molecule has 3 aromatic carbocycles. The lowest BCUT2D eigenvalue weighted by Gasteiger charge is -2.24. The van der Waals surface area contributed by atoms with Gasteiger partial charge in [0.05, 0.1) is 11.9 Å². The van der Waals surface area contributed by atoms with Crippen LogP contribution >= 0.6 is 0 Å². The molecule has 0 saturated carbocycles. The summed E-state index contributed by atoms with van der Waals surface area (Å²) in [5.41, 5.74) is 5.82. The maximum absolute atomic E-state index is 13.3. The number of aromatic nitrogens is 2. The van der Waals surface area contributed by atoms with Crippen molar-refractivity contribution < 1.29 is 24.2 Å². The van der Waals surface area contributed by atoms with Crippen molar-refractivity contribution in [2.45, 2.75) is 25.0 Å². The number of amides is 2. The van der Waals surface area contributed by atoms with E-state index in [0.717, 1.165) is 27.8 Å². The fourth-order valence-electron chi connectivity index (χ4n) is 5.13. The lowest BCUT2D eigenvalue weighted by atomic mass is 9.98. The molecule has 0 fully saturated rings. The van der Waals surface area contributed by atoms with Crippen LogP contribution in [0.3, 0.4) is 0 Å². The van der Waals surface area contributed by atoms with Crippen LogP contribution in [0.15, 0.2) is 91.3 Å². The fourth-order valence-corrected chi connectivity index (χ4v) is 5.13. The molecule has 1 aliphatic rings. The van der Waals surface area contributed by atoms with Gasteiger partial charge in [-0.25, -0.2) is 4.79 Å². The van der Waals surface area contributed by atoms with Gasteiger partial charge < -0.3 is 20.5 Å². The number of alkyl carbamates (subject to hydrolysis) is 1. The Balaban J connectivity index is 1.26. The third-order valence-corrected chi connectivity index (χ3v) is 6.94. The van der Waals surface area contributed by atoms with Crippen LogP contribution in [0.5, 0.6) is 0 Å². The van der Waals surface area contributed by atoms with E-state index in [4.69, 9.17) is 9.84 Å². The first-order chi connectivity index (χ1) is 19.9. The van der Waals surface area contributed by atoms with Crippen molar-refractivity contribution in [3.8, 4) is 11.1 Å². The van der Waals surface area contributed by atoms with Gasteiger partial charge in [0.2, 0.25) is 5.91 Å². The third-order valence-electron chi connectivity index (χ3n) is 6.94. The highest BCUT2D eigenvalue weighted by Gasteiger charge is 2.30. The first-order valence-electron chi connectivity index (χ1n) is 13.3. The van der Waals surface area contributed by atoms with Crippen molar-refractivity contribution in [3.63, 3.8) is 0 Å². The van der Waals surface area contributed by atoms with E-state index in [-0.39, 0.29) is 25.6 Å². The molecule has 3 N–H and O–H groups in total. The number of benzene rings is 3. The lowest BCUT2D eigenvalue weighted by Crippen LogP contribution is -2.50. The van der Waals surface area contributed by atoms with Gasteiger partial charge in [0, 0.05) is 25.2 Å². The number of ether oxygens (including phenoxy) is 1. The summed E-state index contributed by atoms with van der Waals surface area (Å²) in [4.78, 5) is 39.2. The molecule has 0 bridgehead atoms. The van der Waals surface area contributed by atoms with Gasteiger partial charge >= 0.3 is 12.1 Å². The topological polar surface area (TPSA) is 126 Å². The van der Waals surface area contributed by atoms with Gasteiger partial charge in [0.1, 0.15) is 19.2 Å². The average Bonchev–Trinajstić information content (AvgIpc) is 3.53. The maximum atomic E-state index is 13.3. The van der Waals surface area contributed by atoms with Gasteiger partial charge in [-0.3, -0.25) is 19.2 Å². The Bertz CT molecular complexity index is 1490. The van der Waals surface area contributed by atoms with E-state index in [2.05, 4.69) is 27.9 Å². The number of carbonyl (C=O) groups excluding carboxylic acids is 2. The highest BCUT2D eigenvalue weighted by atomic mass is 16.5. The van der Waals surface area contributed by atoms with Gasteiger partial charge in [0.25, 0.3) is 0 Å². The molecule has 4 aromatic rings. The molecule has 10 heteroatoms. The second-order valence-corrected chi connectivity index (χ2v) is 10.0. The number of carbonyl (C=O) groups is 3. The molecule has 41 heavy (non-hydrogen) atoms. The Kier molecular flexibility index (Phi) is 8.40. The average molecular weight is 554 g/mol. The van der Waals surface area contributed by atoms with Gasteiger partial charge in [-0.15, -0.1) is 0 Å². The van der Waals surface area contributed by atoms with E-state index < -0.39 is 24.0 Å². The lowest BCUT2D eigenvalue weighted by molar-refractivity contribution is -0.137. The predicted molar refractivity (Wildman–Crippen MR) is 153 cm³/mol. The van der Waals surface area contributed by atoms with Crippen LogP contribution in [0.25, 0.3) is 11.1 Å². The van der Waals surface area contributed by atoms with Crippen LogP contribution in [0.2, 0.25) is 0 Å². The molecule has 1 aromatic heterocycles. The molecule has 1 heterocycles. The monoisotopic (exact) mass is 553 g/mol. The molecule has 0 spiro atoms. The molecule has 1 unspecified atom stereocenters. The van der Waals surface area contributed by atoms with Crippen LogP contribution in [-0.4, -0.2) is 64.0 Å². The summed E-state index contributed by atoms with van der Waals surface area (Å²) in [7, 11) is 1.86. The summed E-state index contributed by atoms with van der Waals surface area (Å²) in [6.45, 7) is 0.550. The minimum atomic E-state index is -1.05. The zero-order valence-electron chi connectivity index (χ0n) is 22.6. The van der Waals surface area contributed by atoms with E-state index in [9.17, 15) is 14.4 Å². The van der Waals surface area contributed by atoms with Crippen molar-refractivity contribution in [2.75, 3.05) is 25.5 Å². The molecule has 10 nitrogen and oxygen atoms in total. The number of likely N-dealkylation sites (N-methyl/N-ethyl adjacent to an activating group) is 1. The number of nitrogens with zero attached hydrogens (tertiary/aromatic N) is 3. The number of rotatable bonds is 11. The molecule has 0 radical (unpaired) electrons. The van der Waals surface area contributed by atoms with Crippen LogP contribution in [0.4, 0.5) is 10.5 Å². The van der Waals surface area contributed by atoms with Crippen LogP contribution in [-0.2, 0) is 27.4 Å². The number of nitrogens with one attached hydrogen (secondary N) is 2. The number of anilines is 1. The molecule has 2 amide bonds. The summed E-state index contributed by atoms with van der Waals surface area (Å²) < 4.78 is 6.89. The molecule has 210 valence electrons. The number of aliphatic carboxylic acids is 1. The number of carboxylic acids is 1. The second-order valence-electron chi connectivity index (χ2n) is 10.0. The SMILES string of the molecule is CN(Cc1ccccc1)CC(NC(=O)OCC1c2ccccc2-c2ccccc21)C(=O)Nc1cnn(CC(=O)O)c1. The van der Waals surface area contributed by atoms with Gasteiger partial charge in [-0.05, 0) is 34.9 Å². The Morgan fingerprint density at radius 2 is 1.61 bits per heavy atom. The first kappa shape index (κ1) is 27.6. The summed E-state index contributed by atoms with van der Waals surface area (Å²) in [6.07, 6.45) is 2.07. The fraction of sp³-hybridized carbons (Fsp3) is 0.226. The normalized spacial score (nSPS) is 12.8. The van der Waals surface area contributed by atoms with Crippen molar-refractivity contribution >= 4 is 23.7 Å². The standard InChI is InChI=1S/C31H31N5O5/c1-35(16-21-9-3-2-4-10-21)18-28(30(39)33-22-15-32-36(17-22)19-29(37)38)34-31(40)41-20-27-25-13-7-5-11-23(25)24-12-6-8-14-26(24)27/h2-15,17,27-28H,16,18-20H2,1H3,(H,33,39)(H,34,40)(H,37,38). The van der Waals surface area contributed by atoms with E-state index in [1.165, 1.54) is 17.1 Å². The van der Waals surface area contributed by atoms with E-state index >= 15 is 0 Å². The Labute approximate surface area is 237 Å². The zero-order valence-corrected chi connectivity index (χ0v) is 22.6. The maximum Gasteiger partial charge on any atom is 0.407 e. The zero-order chi connectivity index (χ0) is 28.8. The van der Waals surface area contributed by atoms with Crippen LogP contribution in [0.1, 0.15) is 22.6 Å². The van der Waals surface area contributed by atoms with E-state index in [1.54, 1.807) is 0 Å². The molecule has 1 atom stereocenters. The molecular formula is C31H31N5O5. The second kappa shape index (κ2) is 12.5. The number of fused-ring (bicyclic) bond motifs is 3. The highest BCUT2D eigenvalue weighted by Crippen LogP contribution is 2.44. The summed E-state index contributed by atoms with van der Waals surface area (Å²) in [5.74, 6) is -1.64. The molecular weight excluding hydrogens is 522 g/mol. The third kappa shape index (κ3) is 6.79. The van der Waals surface area contributed by atoms with Crippen molar-refractivity contribution in [1.29, 1.82) is 0 Å². The molecule has 5 rings (SSSR count). The van der Waals surface area contributed by atoms with Gasteiger partial charge in [-0.1, -0.05) is 78.9 Å². The van der Waals surface area contributed by atoms with Crippen molar-refractivity contribution in [3.05, 3.63) is 108 Å². The highest BCUT2D eigenvalue weighted by molar-refractivity contribution is 5.96. The summed E-state index contributed by atoms with van der Waals surface area (Å²) >= 11 is 0. The van der Waals surface area contributed by atoms with Crippen LogP contribution in [0, 0.1) is 0 Å². The Morgan fingerprint density at radius 1 is 0.976 bits per heavy atom. The number of carboxylic acid groups (broad SMARTS) is 1. The largest absolute Gasteiger partial charge is 0.480 e. The van der Waals surface area contributed by atoms with Crippen molar-refractivity contribution in [2.24, 2.45) is 0 Å². The Hall–Kier alpha value is -4.96. The van der Waals surface area contributed by atoms with Crippen LogP contribution < -0.4 is 10.6 Å². The molecule has 0 saturated heterocycles. The smallest absolute Gasteiger partial charge is 0.407 e. The van der Waals surface area contributed by atoms with Gasteiger partial charge in [-0.2, -0.15) is 5.10 Å². The first-order valence-corrected chi connectivity index (χ1v) is 13.3. The van der Waals surface area contributed by atoms with Gasteiger partial charge in [0.15, 0.2) is 0 Å². The minimum Gasteiger partial charge on any atom is -0.480 e. The number of hydrogen-bond donors (Lipinski definition) is 3. The molecule has 1 aliphatic carbocycles. The number of hydrogen-bond acceptors (Lipinski definition) is 6. The summed E-state index contributed by atoms with van der Waals surface area (Å²) in [5, 5.41) is 18.4. The van der Waals surface area contributed by atoms with Crippen molar-refractivity contribution in [1.82, 2.24) is 20.0 Å². The quantitative estimate of drug-likeness (QED) is 0.257. The predicted octanol–water partition coefficient (Wildman–Crippen LogP) is 3.95. The molecule has 0 aliphatic heterocycles. The van der Waals surface area contributed by atoms with E-state index in [0.29, 0.717) is 12.2 Å². The Morgan fingerprint density at radius 3 is 2.27 bits per heavy atom. The minimum absolute atomic E-state index is 0.110.